The van der Waals surface area contributed by atoms with E-state index in [1.165, 1.54) is 29.8 Å². The molecule has 0 aliphatic carbocycles. The third-order valence-electron chi connectivity index (χ3n) is 7.77. The molecule has 0 atom stereocenters. The average Bonchev–Trinajstić information content (AvgIpc) is 3.89. The number of aromatic nitrogens is 4. The zero-order chi connectivity index (χ0) is 39.2. The lowest BCUT2D eigenvalue weighted by Crippen LogP contribution is -2.02. The van der Waals surface area contributed by atoms with Gasteiger partial charge < -0.3 is 14.6 Å². The molecule has 0 radical (unpaired) electrons. The number of carbonyl (C=O) groups excluding carboxylic acids is 1. The van der Waals surface area contributed by atoms with Crippen molar-refractivity contribution in [3.8, 4) is 60.8 Å². The van der Waals surface area contributed by atoms with Gasteiger partial charge in [0.05, 0.1) is 56.3 Å². The highest BCUT2D eigenvalue weighted by Crippen LogP contribution is 2.36. The molecule has 1 N–H and O–H groups in total. The van der Waals surface area contributed by atoms with Crippen molar-refractivity contribution in [2.24, 2.45) is 0 Å². The molecule has 16 heteroatoms. The van der Waals surface area contributed by atoms with Crippen LogP contribution >= 0.6 is 85.0 Å². The van der Waals surface area contributed by atoms with Crippen molar-refractivity contribution in [3.05, 3.63) is 132 Å². The number of rotatable bonds is 9. The van der Waals surface area contributed by atoms with Crippen LogP contribution in [0.1, 0.15) is 27.6 Å². The van der Waals surface area contributed by atoms with Crippen LogP contribution in [0.15, 0.2) is 100 Å². The fourth-order valence-corrected chi connectivity index (χ4v) is 7.74. The second kappa shape index (κ2) is 18.0. The first-order valence-electron chi connectivity index (χ1n) is 16.0. The molecule has 0 aliphatic heterocycles. The Bertz CT molecular complexity index is 2530. The molecule has 3 aromatic heterocycles. The number of halogens is 5. The van der Waals surface area contributed by atoms with Crippen molar-refractivity contribution in [3.63, 3.8) is 0 Å². The van der Waals surface area contributed by atoms with Crippen LogP contribution in [0, 0.1) is 0 Å². The molecule has 0 aliphatic rings. The number of carbonyl (C=O) groups is 2. The summed E-state index contributed by atoms with van der Waals surface area (Å²) >= 11 is 30.4. The number of ether oxygens (including phenoxy) is 2. The SMILES string of the molecule is CCOc1ncc(-c2ccc(-c3nc(-c4ccc(Cl)c(Cl)c4)cs3)cc2C(=O)O)cn1.COC(=O)c1cc(-c2nc(-c3ccc(Cl)c(Cl)c3)cs2)ccc1Br. The number of esters is 1. The average molecular weight is 916 g/mol. The standard InChI is InChI=1S/C22H15Cl2N3O3S.C17H10BrCl2NO2S/c1-2-30-22-25-9-14(10-26-22)15-5-3-13(7-16(15)21(28)29)20-27-19(11-31-20)12-4-6-17(23)18(24)8-12;1-23-17(22)11-6-10(2-4-12(11)18)16-21-15(8-24-16)9-3-5-13(19)14(20)7-9/h3-11H,2H2,1H3,(H,28,29);2-8H,1H3. The molecule has 278 valence electrons. The van der Waals surface area contributed by atoms with Gasteiger partial charge in [-0.15, -0.1) is 22.7 Å². The van der Waals surface area contributed by atoms with Crippen molar-refractivity contribution in [2.45, 2.75) is 6.92 Å². The third-order valence-corrected chi connectivity index (χ3v) is 11.7. The van der Waals surface area contributed by atoms with E-state index in [-0.39, 0.29) is 11.6 Å². The van der Waals surface area contributed by atoms with Crippen LogP contribution in [-0.2, 0) is 4.74 Å². The highest BCUT2D eigenvalue weighted by atomic mass is 79.9. The number of carboxylic acid groups (broad SMARTS) is 1. The fourth-order valence-electron chi connectivity index (χ4n) is 5.08. The van der Waals surface area contributed by atoms with Crippen molar-refractivity contribution in [2.75, 3.05) is 13.7 Å². The normalized spacial score (nSPS) is 10.7. The van der Waals surface area contributed by atoms with E-state index in [9.17, 15) is 14.7 Å². The number of benzene rings is 4. The van der Waals surface area contributed by atoms with Gasteiger partial charge in [-0.25, -0.2) is 29.5 Å². The van der Waals surface area contributed by atoms with Crippen molar-refractivity contribution in [1.82, 2.24) is 19.9 Å². The van der Waals surface area contributed by atoms with Crippen LogP contribution < -0.4 is 4.74 Å². The summed E-state index contributed by atoms with van der Waals surface area (Å²) in [6.45, 7) is 2.29. The number of carboxylic acids is 1. The first-order valence-corrected chi connectivity index (χ1v) is 20.0. The molecule has 4 aromatic carbocycles. The summed E-state index contributed by atoms with van der Waals surface area (Å²) < 4.78 is 10.7. The Kier molecular flexibility index (Phi) is 13.2. The number of hydrogen-bond donors (Lipinski definition) is 1. The van der Waals surface area contributed by atoms with Gasteiger partial charge in [0, 0.05) is 55.4 Å². The predicted molar refractivity (Wildman–Crippen MR) is 224 cm³/mol. The molecule has 0 saturated carbocycles. The lowest BCUT2D eigenvalue weighted by Gasteiger charge is -2.08. The summed E-state index contributed by atoms with van der Waals surface area (Å²) in [5, 5.41) is 17.0. The van der Waals surface area contributed by atoms with Crippen LogP contribution in [0.2, 0.25) is 20.1 Å². The molecule has 0 spiro atoms. The van der Waals surface area contributed by atoms with Gasteiger partial charge in [0.15, 0.2) is 0 Å². The monoisotopic (exact) mass is 912 g/mol. The van der Waals surface area contributed by atoms with Crippen LogP contribution in [0.4, 0.5) is 0 Å². The predicted octanol–water partition coefficient (Wildman–Crippen LogP) is 12.7. The van der Waals surface area contributed by atoms with Crippen molar-refractivity contribution < 1.29 is 24.2 Å². The molecule has 7 aromatic rings. The highest BCUT2D eigenvalue weighted by Gasteiger charge is 2.17. The summed E-state index contributed by atoms with van der Waals surface area (Å²) in [6, 6.07) is 21.6. The Morgan fingerprint density at radius 3 is 1.69 bits per heavy atom. The molecule has 7 rings (SSSR count). The topological polar surface area (TPSA) is 124 Å². The van der Waals surface area contributed by atoms with E-state index in [0.29, 0.717) is 58.4 Å². The summed E-state index contributed by atoms with van der Waals surface area (Å²) in [5.74, 6) is -1.45. The smallest absolute Gasteiger partial charge is 0.339 e. The summed E-state index contributed by atoms with van der Waals surface area (Å²) in [4.78, 5) is 41.3. The maximum atomic E-state index is 11.9. The van der Waals surface area contributed by atoms with Gasteiger partial charge in [-0.05, 0) is 70.9 Å². The molecule has 55 heavy (non-hydrogen) atoms. The first kappa shape index (κ1) is 40.3. The molecular weight excluding hydrogens is 890 g/mol. The first-order chi connectivity index (χ1) is 26.4. The summed E-state index contributed by atoms with van der Waals surface area (Å²) in [6.07, 6.45) is 3.09. The van der Waals surface area contributed by atoms with Gasteiger partial charge in [0.25, 0.3) is 0 Å². The lowest BCUT2D eigenvalue weighted by molar-refractivity contribution is 0.0598. The van der Waals surface area contributed by atoms with E-state index in [2.05, 4.69) is 35.9 Å². The van der Waals surface area contributed by atoms with Crippen LogP contribution in [0.5, 0.6) is 6.01 Å². The molecule has 3 heterocycles. The van der Waals surface area contributed by atoms with E-state index in [4.69, 9.17) is 55.9 Å². The van der Waals surface area contributed by atoms with E-state index < -0.39 is 11.9 Å². The molecule has 0 amide bonds. The summed E-state index contributed by atoms with van der Waals surface area (Å²) in [5.41, 5.74) is 6.49. The molecule has 0 saturated heterocycles. The minimum Gasteiger partial charge on any atom is -0.478 e. The maximum Gasteiger partial charge on any atom is 0.339 e. The van der Waals surface area contributed by atoms with Gasteiger partial charge in [-0.1, -0.05) is 76.7 Å². The second-order valence-corrected chi connectivity index (χ2v) is 15.5. The van der Waals surface area contributed by atoms with Crippen LogP contribution in [-0.4, -0.2) is 50.7 Å². The number of thiazole rings is 2. The van der Waals surface area contributed by atoms with Gasteiger partial charge in [0.2, 0.25) is 0 Å². The minimum absolute atomic E-state index is 0.136. The van der Waals surface area contributed by atoms with Gasteiger partial charge in [0.1, 0.15) is 10.0 Å². The Hall–Kier alpha value is -4.40. The second-order valence-electron chi connectivity index (χ2n) is 11.3. The molecular formula is C39H25BrCl4N4O5S2. The van der Waals surface area contributed by atoms with E-state index >= 15 is 0 Å². The molecule has 9 nitrogen and oxygen atoms in total. The Labute approximate surface area is 351 Å². The van der Waals surface area contributed by atoms with E-state index in [1.807, 2.05) is 48.0 Å². The Morgan fingerprint density at radius 2 is 1.20 bits per heavy atom. The van der Waals surface area contributed by atoms with Crippen molar-refractivity contribution in [1.29, 1.82) is 0 Å². The molecule has 0 fully saturated rings. The number of aromatic carboxylic acids is 1. The largest absolute Gasteiger partial charge is 0.478 e. The minimum atomic E-state index is -1.05. The van der Waals surface area contributed by atoms with Gasteiger partial charge in [-0.2, -0.15) is 0 Å². The molecule has 0 unspecified atom stereocenters. The number of methoxy groups -OCH3 is 1. The third kappa shape index (κ3) is 9.53. The zero-order valence-corrected chi connectivity index (χ0v) is 34.8. The van der Waals surface area contributed by atoms with Gasteiger partial charge in [-0.3, -0.25) is 0 Å². The Morgan fingerprint density at radius 1 is 0.691 bits per heavy atom. The Balaban J connectivity index is 0.000000193. The maximum absolute atomic E-state index is 11.9. The van der Waals surface area contributed by atoms with E-state index in [0.717, 1.165) is 33.1 Å². The highest BCUT2D eigenvalue weighted by molar-refractivity contribution is 9.10. The van der Waals surface area contributed by atoms with Crippen LogP contribution in [0.25, 0.3) is 54.8 Å². The number of nitrogens with zero attached hydrogens (tertiary/aromatic N) is 4. The zero-order valence-electron chi connectivity index (χ0n) is 28.5. The fraction of sp³-hybridized carbons (Fsp3) is 0.0769. The van der Waals surface area contributed by atoms with Crippen LogP contribution in [0.3, 0.4) is 0 Å². The number of hydrogen-bond acceptors (Lipinski definition) is 10. The van der Waals surface area contributed by atoms with E-state index in [1.54, 1.807) is 54.9 Å². The quantitative estimate of drug-likeness (QED) is 0.141. The summed E-state index contributed by atoms with van der Waals surface area (Å²) in [7, 11) is 1.35. The molecule has 0 bridgehead atoms. The lowest BCUT2D eigenvalue weighted by atomic mass is 9.99. The van der Waals surface area contributed by atoms with Gasteiger partial charge >= 0.3 is 17.9 Å². The van der Waals surface area contributed by atoms with Crippen molar-refractivity contribution >= 4 is 96.9 Å².